The standard InChI is InChI=1S/C22H27N5O2/c1-16-23-24-25-27(16)12-4-11-26-10-3-5-20(15-26)22(28)19-7-6-18-14-21(29-2)9-8-17(18)13-19/h6-9,13-14,20H,3-5,10-12,15H2,1-2H3/t20-/m1/s1. The number of ether oxygens (including phenoxy) is 1. The van der Waals surface area contributed by atoms with E-state index in [4.69, 9.17) is 4.74 Å². The molecular formula is C22H27N5O2. The Morgan fingerprint density at radius 2 is 2.00 bits per heavy atom. The molecule has 1 aliphatic heterocycles. The zero-order chi connectivity index (χ0) is 20.2. The van der Waals surface area contributed by atoms with Crippen molar-refractivity contribution in [3.8, 4) is 5.75 Å². The maximum atomic E-state index is 13.1. The number of ketones is 1. The fraction of sp³-hybridized carbons (Fsp3) is 0.455. The molecule has 7 nitrogen and oxygen atoms in total. The van der Waals surface area contributed by atoms with Gasteiger partial charge in [0, 0.05) is 24.6 Å². The summed E-state index contributed by atoms with van der Waals surface area (Å²) in [4.78, 5) is 15.5. The minimum atomic E-state index is 0.0641. The van der Waals surface area contributed by atoms with Gasteiger partial charge in [-0.05, 0) is 78.7 Å². The molecule has 2 heterocycles. The van der Waals surface area contributed by atoms with Crippen LogP contribution in [0.15, 0.2) is 36.4 Å². The first-order valence-corrected chi connectivity index (χ1v) is 10.2. The normalized spacial score (nSPS) is 17.5. The number of hydrogen-bond acceptors (Lipinski definition) is 6. The van der Waals surface area contributed by atoms with Crippen LogP contribution in [0.25, 0.3) is 10.8 Å². The smallest absolute Gasteiger partial charge is 0.167 e. The first-order chi connectivity index (χ1) is 14.1. The number of carbonyl (C=O) groups is 1. The van der Waals surface area contributed by atoms with Crippen molar-refractivity contribution < 1.29 is 9.53 Å². The minimum absolute atomic E-state index is 0.0641. The third-order valence-electron chi connectivity index (χ3n) is 5.76. The number of rotatable bonds is 7. The van der Waals surface area contributed by atoms with Crippen molar-refractivity contribution in [2.24, 2.45) is 5.92 Å². The van der Waals surface area contributed by atoms with E-state index in [-0.39, 0.29) is 11.7 Å². The van der Waals surface area contributed by atoms with E-state index in [0.717, 1.165) is 73.4 Å². The Morgan fingerprint density at radius 3 is 2.79 bits per heavy atom. The van der Waals surface area contributed by atoms with Crippen LogP contribution in [0.4, 0.5) is 0 Å². The van der Waals surface area contributed by atoms with Gasteiger partial charge in [-0.3, -0.25) is 4.79 Å². The van der Waals surface area contributed by atoms with E-state index < -0.39 is 0 Å². The number of methoxy groups -OCH3 is 1. The zero-order valence-electron chi connectivity index (χ0n) is 17.0. The Morgan fingerprint density at radius 1 is 1.17 bits per heavy atom. The van der Waals surface area contributed by atoms with Gasteiger partial charge in [0.1, 0.15) is 11.6 Å². The second-order valence-electron chi connectivity index (χ2n) is 7.73. The number of Topliss-reactive ketones (excluding diaryl/α,β-unsaturated/α-hetero) is 1. The van der Waals surface area contributed by atoms with Crippen LogP contribution < -0.4 is 4.74 Å². The molecule has 0 saturated carbocycles. The molecule has 0 unspecified atom stereocenters. The maximum absolute atomic E-state index is 13.1. The van der Waals surface area contributed by atoms with Gasteiger partial charge in [-0.1, -0.05) is 18.2 Å². The van der Waals surface area contributed by atoms with Crippen molar-refractivity contribution in [1.29, 1.82) is 0 Å². The monoisotopic (exact) mass is 393 g/mol. The second-order valence-corrected chi connectivity index (χ2v) is 7.73. The summed E-state index contributed by atoms with van der Waals surface area (Å²) in [6, 6.07) is 11.9. The van der Waals surface area contributed by atoms with E-state index in [9.17, 15) is 4.79 Å². The number of hydrogen-bond donors (Lipinski definition) is 0. The molecular weight excluding hydrogens is 366 g/mol. The topological polar surface area (TPSA) is 73.1 Å². The van der Waals surface area contributed by atoms with Crippen LogP contribution in [-0.4, -0.2) is 57.6 Å². The van der Waals surface area contributed by atoms with Crippen molar-refractivity contribution in [2.45, 2.75) is 32.7 Å². The van der Waals surface area contributed by atoms with Crippen LogP contribution in [0, 0.1) is 12.8 Å². The van der Waals surface area contributed by atoms with E-state index >= 15 is 0 Å². The molecule has 0 aliphatic carbocycles. The van der Waals surface area contributed by atoms with Crippen LogP contribution in [0.3, 0.4) is 0 Å². The fourth-order valence-electron chi connectivity index (χ4n) is 4.11. The highest BCUT2D eigenvalue weighted by atomic mass is 16.5. The average molecular weight is 393 g/mol. The van der Waals surface area contributed by atoms with Crippen molar-refractivity contribution >= 4 is 16.6 Å². The number of fused-ring (bicyclic) bond motifs is 1. The lowest BCUT2D eigenvalue weighted by atomic mass is 9.89. The Balaban J connectivity index is 1.38. The lowest BCUT2D eigenvalue weighted by molar-refractivity contribution is 0.0817. The fourth-order valence-corrected chi connectivity index (χ4v) is 4.11. The van der Waals surface area contributed by atoms with Crippen molar-refractivity contribution in [2.75, 3.05) is 26.7 Å². The number of likely N-dealkylation sites (tertiary alicyclic amines) is 1. The molecule has 1 fully saturated rings. The quantitative estimate of drug-likeness (QED) is 0.574. The van der Waals surface area contributed by atoms with E-state index in [0.29, 0.717) is 0 Å². The van der Waals surface area contributed by atoms with Crippen LogP contribution in [0.2, 0.25) is 0 Å². The van der Waals surface area contributed by atoms with Gasteiger partial charge in [0.15, 0.2) is 5.78 Å². The van der Waals surface area contributed by atoms with Crippen molar-refractivity contribution in [1.82, 2.24) is 25.1 Å². The lowest BCUT2D eigenvalue weighted by Crippen LogP contribution is -2.39. The average Bonchev–Trinajstić information content (AvgIpc) is 3.17. The lowest BCUT2D eigenvalue weighted by Gasteiger charge is -2.32. The van der Waals surface area contributed by atoms with E-state index in [2.05, 4.69) is 20.4 Å². The summed E-state index contributed by atoms with van der Waals surface area (Å²) in [5.41, 5.74) is 0.804. The molecule has 4 rings (SSSR count). The number of nitrogens with zero attached hydrogens (tertiary/aromatic N) is 5. The largest absolute Gasteiger partial charge is 0.497 e. The van der Waals surface area contributed by atoms with Gasteiger partial charge >= 0.3 is 0 Å². The van der Waals surface area contributed by atoms with Gasteiger partial charge < -0.3 is 9.64 Å². The molecule has 0 spiro atoms. The second kappa shape index (κ2) is 8.69. The molecule has 1 aliphatic rings. The van der Waals surface area contributed by atoms with Crippen molar-refractivity contribution in [3.05, 3.63) is 47.8 Å². The van der Waals surface area contributed by atoms with Crippen LogP contribution in [0.5, 0.6) is 5.75 Å². The number of aryl methyl sites for hydroxylation is 2. The van der Waals surface area contributed by atoms with Gasteiger partial charge in [0.25, 0.3) is 0 Å². The van der Waals surface area contributed by atoms with Gasteiger partial charge in [-0.25, -0.2) is 4.68 Å². The van der Waals surface area contributed by atoms with Crippen LogP contribution in [-0.2, 0) is 6.54 Å². The number of benzene rings is 2. The van der Waals surface area contributed by atoms with Crippen molar-refractivity contribution in [3.63, 3.8) is 0 Å². The first-order valence-electron chi connectivity index (χ1n) is 10.2. The maximum Gasteiger partial charge on any atom is 0.167 e. The van der Waals surface area contributed by atoms with Crippen LogP contribution in [0.1, 0.15) is 35.4 Å². The molecule has 29 heavy (non-hydrogen) atoms. The van der Waals surface area contributed by atoms with Gasteiger partial charge in [-0.15, -0.1) is 5.10 Å². The summed E-state index contributed by atoms with van der Waals surface area (Å²) in [7, 11) is 1.66. The Hall–Kier alpha value is -2.80. The molecule has 0 amide bonds. The summed E-state index contributed by atoms with van der Waals surface area (Å²) < 4.78 is 7.11. The predicted molar refractivity (Wildman–Crippen MR) is 111 cm³/mol. The summed E-state index contributed by atoms with van der Waals surface area (Å²) in [5, 5.41) is 13.8. The van der Waals surface area contributed by atoms with Crippen LogP contribution >= 0.6 is 0 Å². The number of aromatic nitrogens is 4. The molecule has 3 aromatic rings. The molecule has 7 heteroatoms. The summed E-state index contributed by atoms with van der Waals surface area (Å²) in [6.45, 7) is 5.56. The molecule has 0 N–H and O–H groups in total. The molecule has 0 radical (unpaired) electrons. The highest BCUT2D eigenvalue weighted by Crippen LogP contribution is 2.25. The Bertz CT molecular complexity index is 1000. The van der Waals surface area contributed by atoms with Gasteiger partial charge in [0.2, 0.25) is 0 Å². The predicted octanol–water partition coefficient (Wildman–Crippen LogP) is 3.13. The molecule has 0 bridgehead atoms. The molecule has 152 valence electrons. The summed E-state index contributed by atoms with van der Waals surface area (Å²) in [5.74, 6) is 1.99. The third kappa shape index (κ3) is 4.45. The number of carbonyl (C=O) groups excluding carboxylic acids is 1. The van der Waals surface area contributed by atoms with E-state index in [1.54, 1.807) is 7.11 Å². The van der Waals surface area contributed by atoms with Gasteiger partial charge in [-0.2, -0.15) is 0 Å². The molecule has 1 saturated heterocycles. The Kier molecular flexibility index (Phi) is 5.85. The minimum Gasteiger partial charge on any atom is -0.497 e. The number of piperidine rings is 1. The van der Waals surface area contributed by atoms with E-state index in [1.165, 1.54) is 0 Å². The van der Waals surface area contributed by atoms with E-state index in [1.807, 2.05) is 48.0 Å². The zero-order valence-corrected chi connectivity index (χ0v) is 17.0. The molecule has 2 aromatic carbocycles. The molecule has 1 atom stereocenters. The summed E-state index contributed by atoms with van der Waals surface area (Å²) >= 11 is 0. The number of tetrazole rings is 1. The SMILES string of the molecule is COc1ccc2cc(C(=O)[C@@H]3CCCN(CCCn4nnnc4C)C3)ccc2c1. The highest BCUT2D eigenvalue weighted by molar-refractivity contribution is 6.01. The highest BCUT2D eigenvalue weighted by Gasteiger charge is 2.26. The summed E-state index contributed by atoms with van der Waals surface area (Å²) in [6.07, 6.45) is 3.00. The first kappa shape index (κ1) is 19.5. The van der Waals surface area contributed by atoms with Gasteiger partial charge in [0.05, 0.1) is 7.11 Å². The molecule has 1 aromatic heterocycles. The third-order valence-corrected chi connectivity index (χ3v) is 5.76. The Labute approximate surface area is 170 Å².